The Morgan fingerprint density at radius 1 is 0.938 bits per heavy atom. The minimum atomic E-state index is 0.0884. The summed E-state index contributed by atoms with van der Waals surface area (Å²) in [6.07, 6.45) is 3.35. The van der Waals surface area contributed by atoms with Gasteiger partial charge in [0.1, 0.15) is 5.75 Å². The number of hydrogen-bond donors (Lipinski definition) is 1. The maximum Gasteiger partial charge on any atom is 0.253 e. The van der Waals surface area contributed by atoms with Crippen molar-refractivity contribution in [1.82, 2.24) is 14.5 Å². The van der Waals surface area contributed by atoms with Gasteiger partial charge in [-0.15, -0.1) is 0 Å². The lowest BCUT2D eigenvalue weighted by atomic mass is 10.1. The molecule has 1 aliphatic rings. The first-order valence-electron chi connectivity index (χ1n) is 11.0. The molecule has 4 aromatic rings. The highest BCUT2D eigenvalue weighted by Crippen LogP contribution is 2.29. The van der Waals surface area contributed by atoms with Crippen molar-refractivity contribution in [3.8, 4) is 11.4 Å². The number of methoxy groups -OCH3 is 1. The number of nitrogens with one attached hydrogen (secondary N) is 1. The van der Waals surface area contributed by atoms with Crippen LogP contribution in [0, 0.1) is 0 Å². The zero-order chi connectivity index (χ0) is 21.9. The Morgan fingerprint density at radius 3 is 2.41 bits per heavy atom. The average Bonchev–Trinajstić information content (AvgIpc) is 3.22. The van der Waals surface area contributed by atoms with Gasteiger partial charge in [0.15, 0.2) is 0 Å². The van der Waals surface area contributed by atoms with E-state index in [1.165, 1.54) is 6.42 Å². The second-order valence-corrected chi connectivity index (χ2v) is 8.02. The molecule has 1 saturated heterocycles. The van der Waals surface area contributed by atoms with Crippen molar-refractivity contribution < 1.29 is 9.53 Å². The van der Waals surface area contributed by atoms with E-state index in [0.29, 0.717) is 11.5 Å². The number of piperidine rings is 1. The summed E-state index contributed by atoms with van der Waals surface area (Å²) in [4.78, 5) is 19.8. The summed E-state index contributed by atoms with van der Waals surface area (Å²) in [5.74, 6) is 1.58. The Bertz CT molecular complexity index is 1230. The molecule has 0 unspecified atom stereocenters. The number of fused-ring (bicyclic) bond motifs is 1. The predicted molar refractivity (Wildman–Crippen MR) is 127 cm³/mol. The molecule has 0 aliphatic carbocycles. The van der Waals surface area contributed by atoms with E-state index in [9.17, 15) is 4.79 Å². The van der Waals surface area contributed by atoms with E-state index < -0.39 is 0 Å². The molecule has 1 amide bonds. The fraction of sp³-hybridized carbons (Fsp3) is 0.231. The number of rotatable bonds is 5. The minimum absolute atomic E-state index is 0.0884. The molecule has 5 rings (SSSR count). The molecule has 0 spiro atoms. The van der Waals surface area contributed by atoms with Gasteiger partial charge in [0.05, 0.1) is 18.1 Å². The van der Waals surface area contributed by atoms with E-state index in [-0.39, 0.29) is 5.91 Å². The van der Waals surface area contributed by atoms with Crippen LogP contribution in [-0.4, -0.2) is 40.6 Å². The van der Waals surface area contributed by atoms with E-state index >= 15 is 0 Å². The number of carbonyl (C=O) groups excluding carboxylic acids is 1. The van der Waals surface area contributed by atoms with E-state index in [1.807, 2.05) is 77.7 Å². The lowest BCUT2D eigenvalue weighted by Gasteiger charge is -2.26. The molecule has 6 heteroatoms. The molecule has 1 aromatic heterocycles. The number of ether oxygens (including phenoxy) is 1. The van der Waals surface area contributed by atoms with Crippen molar-refractivity contribution in [3.63, 3.8) is 0 Å². The fourth-order valence-electron chi connectivity index (χ4n) is 4.22. The van der Waals surface area contributed by atoms with Crippen LogP contribution in [0.2, 0.25) is 0 Å². The van der Waals surface area contributed by atoms with E-state index in [2.05, 4.69) is 9.88 Å². The van der Waals surface area contributed by atoms with E-state index in [0.717, 1.165) is 54.1 Å². The van der Waals surface area contributed by atoms with Crippen molar-refractivity contribution in [2.75, 3.05) is 25.5 Å². The van der Waals surface area contributed by atoms with E-state index in [4.69, 9.17) is 9.72 Å². The van der Waals surface area contributed by atoms with Gasteiger partial charge >= 0.3 is 0 Å². The van der Waals surface area contributed by atoms with Crippen LogP contribution in [0.1, 0.15) is 29.6 Å². The molecule has 0 atom stereocenters. The van der Waals surface area contributed by atoms with Gasteiger partial charge in [-0.1, -0.05) is 18.2 Å². The Hall–Kier alpha value is -3.80. The molecule has 2 heterocycles. The monoisotopic (exact) mass is 426 g/mol. The topological polar surface area (TPSA) is 59.4 Å². The summed E-state index contributed by atoms with van der Waals surface area (Å²) < 4.78 is 7.34. The van der Waals surface area contributed by atoms with Gasteiger partial charge < -0.3 is 15.0 Å². The number of imidazole rings is 1. The molecular formula is C26H26N4O2. The standard InChI is InChI=1S/C26H26N4O2/c1-32-22-13-11-20(12-14-22)27-26-28-23-18-19(25(31)29-16-6-3-7-17-29)10-15-24(23)30(26)21-8-4-2-5-9-21/h2,4-5,8-15,18H,3,6-7,16-17H2,1H3,(H,27,28). The molecular weight excluding hydrogens is 400 g/mol. The number of aromatic nitrogens is 2. The quantitative estimate of drug-likeness (QED) is 0.464. The average molecular weight is 427 g/mol. The van der Waals surface area contributed by atoms with Crippen LogP contribution in [0.5, 0.6) is 5.75 Å². The first-order chi connectivity index (χ1) is 15.7. The van der Waals surface area contributed by atoms with Crippen molar-refractivity contribution in [2.24, 2.45) is 0 Å². The van der Waals surface area contributed by atoms with Gasteiger partial charge in [-0.05, 0) is 73.9 Å². The largest absolute Gasteiger partial charge is 0.497 e. The first kappa shape index (κ1) is 20.1. The molecule has 0 saturated carbocycles. The van der Waals surface area contributed by atoms with Gasteiger partial charge in [0, 0.05) is 30.0 Å². The van der Waals surface area contributed by atoms with Crippen molar-refractivity contribution in [3.05, 3.63) is 78.4 Å². The molecule has 162 valence electrons. The van der Waals surface area contributed by atoms with Crippen LogP contribution in [0.4, 0.5) is 11.6 Å². The smallest absolute Gasteiger partial charge is 0.253 e. The van der Waals surface area contributed by atoms with E-state index in [1.54, 1.807) is 7.11 Å². The predicted octanol–water partition coefficient (Wildman–Crippen LogP) is 5.40. The third kappa shape index (κ3) is 3.91. The summed E-state index contributed by atoms with van der Waals surface area (Å²) in [7, 11) is 1.65. The summed E-state index contributed by atoms with van der Waals surface area (Å²) in [5, 5.41) is 3.42. The van der Waals surface area contributed by atoms with Gasteiger partial charge in [-0.25, -0.2) is 4.98 Å². The molecule has 1 aliphatic heterocycles. The summed E-state index contributed by atoms with van der Waals surface area (Å²) in [6.45, 7) is 1.67. The number of amides is 1. The second kappa shape index (κ2) is 8.75. The molecule has 32 heavy (non-hydrogen) atoms. The normalized spacial score (nSPS) is 13.8. The highest BCUT2D eigenvalue weighted by Gasteiger charge is 2.20. The Balaban J connectivity index is 1.55. The number of benzene rings is 3. The van der Waals surface area contributed by atoms with Crippen molar-refractivity contribution in [2.45, 2.75) is 19.3 Å². The molecule has 6 nitrogen and oxygen atoms in total. The van der Waals surface area contributed by atoms with Crippen LogP contribution >= 0.6 is 0 Å². The van der Waals surface area contributed by atoms with Gasteiger partial charge in [-0.2, -0.15) is 0 Å². The number of carbonyl (C=O) groups is 1. The molecule has 1 N–H and O–H groups in total. The number of anilines is 2. The third-order valence-electron chi connectivity index (χ3n) is 5.91. The van der Waals surface area contributed by atoms with Crippen LogP contribution in [0.15, 0.2) is 72.8 Å². The summed E-state index contributed by atoms with van der Waals surface area (Å²) in [5.41, 5.74) is 4.33. The van der Waals surface area contributed by atoms with Crippen molar-refractivity contribution >= 4 is 28.6 Å². The number of likely N-dealkylation sites (tertiary alicyclic amines) is 1. The van der Waals surface area contributed by atoms with Gasteiger partial charge in [0.25, 0.3) is 5.91 Å². The number of nitrogens with zero attached hydrogens (tertiary/aromatic N) is 3. The fourth-order valence-corrected chi connectivity index (χ4v) is 4.22. The van der Waals surface area contributed by atoms with Crippen LogP contribution in [0.25, 0.3) is 16.7 Å². The lowest BCUT2D eigenvalue weighted by Crippen LogP contribution is -2.35. The Kier molecular flexibility index (Phi) is 5.50. The van der Waals surface area contributed by atoms with Crippen molar-refractivity contribution in [1.29, 1.82) is 0 Å². The van der Waals surface area contributed by atoms with Gasteiger partial charge in [-0.3, -0.25) is 9.36 Å². The zero-order valence-corrected chi connectivity index (χ0v) is 18.1. The summed E-state index contributed by atoms with van der Waals surface area (Å²) >= 11 is 0. The molecule has 0 radical (unpaired) electrons. The van der Waals surface area contributed by atoms with Crippen LogP contribution in [-0.2, 0) is 0 Å². The zero-order valence-electron chi connectivity index (χ0n) is 18.1. The Morgan fingerprint density at radius 2 is 1.69 bits per heavy atom. The highest BCUT2D eigenvalue weighted by atomic mass is 16.5. The highest BCUT2D eigenvalue weighted by molar-refractivity contribution is 5.98. The van der Waals surface area contributed by atoms with Gasteiger partial charge in [0.2, 0.25) is 5.95 Å². The minimum Gasteiger partial charge on any atom is -0.497 e. The maximum atomic E-state index is 13.0. The van der Waals surface area contributed by atoms with Crippen LogP contribution in [0.3, 0.4) is 0 Å². The molecule has 1 fully saturated rings. The summed E-state index contributed by atoms with van der Waals surface area (Å²) in [6, 6.07) is 23.7. The molecule has 0 bridgehead atoms. The first-order valence-corrected chi connectivity index (χ1v) is 11.0. The second-order valence-electron chi connectivity index (χ2n) is 8.02. The number of para-hydroxylation sites is 1. The Labute approximate surface area is 187 Å². The number of hydrogen-bond acceptors (Lipinski definition) is 4. The third-order valence-corrected chi connectivity index (χ3v) is 5.91. The van der Waals surface area contributed by atoms with Crippen LogP contribution < -0.4 is 10.1 Å². The SMILES string of the molecule is COc1ccc(Nc2nc3cc(C(=O)N4CCCCC4)ccc3n2-c2ccccc2)cc1. The lowest BCUT2D eigenvalue weighted by molar-refractivity contribution is 0.0724. The molecule has 3 aromatic carbocycles. The maximum absolute atomic E-state index is 13.0.